The minimum atomic E-state index is -0.304. The quantitative estimate of drug-likeness (QED) is 0.426. The lowest BCUT2D eigenvalue weighted by Crippen LogP contribution is -2.30. The highest BCUT2D eigenvalue weighted by Crippen LogP contribution is 2.28. The molecule has 33 heavy (non-hydrogen) atoms. The van der Waals surface area contributed by atoms with Gasteiger partial charge in [-0.15, -0.1) is 22.0 Å². The number of piperidine rings is 1. The summed E-state index contributed by atoms with van der Waals surface area (Å²) in [6.07, 6.45) is 5.80. The number of thioether (sulfide) groups is 2. The number of carbonyl (C=O) groups excluding carboxylic acids is 1. The Morgan fingerprint density at radius 3 is 2.48 bits per heavy atom. The van der Waals surface area contributed by atoms with Crippen LogP contribution in [0.1, 0.15) is 37.6 Å². The molecule has 1 atom stereocenters. The van der Waals surface area contributed by atoms with E-state index in [4.69, 9.17) is 0 Å². The van der Waals surface area contributed by atoms with E-state index in [9.17, 15) is 4.79 Å². The van der Waals surface area contributed by atoms with Crippen LogP contribution in [-0.2, 0) is 17.9 Å². The van der Waals surface area contributed by atoms with Crippen molar-refractivity contribution >= 4 is 35.1 Å². The van der Waals surface area contributed by atoms with Gasteiger partial charge in [-0.2, -0.15) is 0 Å². The molecular weight excluding hydrogens is 450 g/mol. The normalized spacial score (nSPS) is 15.3. The molecule has 4 rings (SSSR count). The molecule has 1 saturated heterocycles. The van der Waals surface area contributed by atoms with Crippen LogP contribution in [0.4, 0.5) is 5.69 Å². The highest BCUT2D eigenvalue weighted by atomic mass is 32.2. The van der Waals surface area contributed by atoms with Crippen molar-refractivity contribution in [2.75, 3.05) is 24.7 Å². The first-order valence-corrected chi connectivity index (χ1v) is 13.5. The van der Waals surface area contributed by atoms with Crippen LogP contribution in [0.2, 0.25) is 0 Å². The highest BCUT2D eigenvalue weighted by Gasteiger charge is 2.22. The second-order valence-electron chi connectivity index (χ2n) is 8.26. The summed E-state index contributed by atoms with van der Waals surface area (Å²) in [5, 5.41) is 12.6. The van der Waals surface area contributed by atoms with Crippen molar-refractivity contribution in [3.8, 4) is 0 Å². The van der Waals surface area contributed by atoms with Gasteiger partial charge in [0.25, 0.3) is 0 Å². The first-order valence-electron chi connectivity index (χ1n) is 11.4. The van der Waals surface area contributed by atoms with Crippen LogP contribution < -0.4 is 5.32 Å². The second kappa shape index (κ2) is 11.7. The lowest BCUT2D eigenvalue weighted by Gasteiger charge is -2.26. The third kappa shape index (κ3) is 6.40. The number of benzene rings is 2. The maximum atomic E-state index is 13.0. The summed E-state index contributed by atoms with van der Waals surface area (Å²) in [5.41, 5.74) is 2.05. The van der Waals surface area contributed by atoms with Crippen LogP contribution in [0.15, 0.2) is 64.6 Å². The SMILES string of the molecule is CSc1ccccc1NC(=O)C(C)Sc1nnc(CN2CCCCC2)n1Cc1ccccc1. The summed E-state index contributed by atoms with van der Waals surface area (Å²) in [7, 11) is 0. The number of hydrogen-bond donors (Lipinski definition) is 1. The predicted octanol–water partition coefficient (Wildman–Crippen LogP) is 5.15. The van der Waals surface area contributed by atoms with Crippen LogP contribution in [0.5, 0.6) is 0 Å². The van der Waals surface area contributed by atoms with Gasteiger partial charge in [-0.1, -0.05) is 60.6 Å². The minimum Gasteiger partial charge on any atom is -0.324 e. The molecule has 1 aliphatic heterocycles. The Morgan fingerprint density at radius 1 is 1.00 bits per heavy atom. The number of rotatable bonds is 9. The topological polar surface area (TPSA) is 63.1 Å². The molecule has 0 saturated carbocycles. The molecule has 0 bridgehead atoms. The van der Waals surface area contributed by atoms with Gasteiger partial charge in [0.05, 0.1) is 24.0 Å². The average Bonchev–Trinajstić information content (AvgIpc) is 3.21. The monoisotopic (exact) mass is 481 g/mol. The van der Waals surface area contributed by atoms with Gasteiger partial charge >= 0.3 is 0 Å². The van der Waals surface area contributed by atoms with Crippen molar-refractivity contribution in [1.82, 2.24) is 19.7 Å². The molecule has 0 radical (unpaired) electrons. The van der Waals surface area contributed by atoms with Gasteiger partial charge in [0.15, 0.2) is 5.16 Å². The molecule has 8 heteroatoms. The van der Waals surface area contributed by atoms with Gasteiger partial charge in [0, 0.05) is 4.90 Å². The van der Waals surface area contributed by atoms with Crippen molar-refractivity contribution in [3.63, 3.8) is 0 Å². The Bertz CT molecular complexity index is 1050. The van der Waals surface area contributed by atoms with Gasteiger partial charge in [-0.05, 0) is 56.8 Å². The predicted molar refractivity (Wildman–Crippen MR) is 137 cm³/mol. The second-order valence-corrected chi connectivity index (χ2v) is 10.4. The smallest absolute Gasteiger partial charge is 0.237 e. The fourth-order valence-electron chi connectivity index (χ4n) is 3.96. The summed E-state index contributed by atoms with van der Waals surface area (Å²) in [6.45, 7) is 5.63. The molecule has 2 heterocycles. The molecule has 1 fully saturated rings. The Kier molecular flexibility index (Phi) is 8.47. The molecule has 1 aromatic heterocycles. The fraction of sp³-hybridized carbons (Fsp3) is 0.400. The van der Waals surface area contributed by atoms with Crippen LogP contribution in [-0.4, -0.2) is 50.2 Å². The molecular formula is C25H31N5OS2. The highest BCUT2D eigenvalue weighted by molar-refractivity contribution is 8.00. The number of anilines is 1. The number of amides is 1. The number of para-hydroxylation sites is 1. The van der Waals surface area contributed by atoms with E-state index in [0.717, 1.165) is 41.2 Å². The average molecular weight is 482 g/mol. The summed E-state index contributed by atoms with van der Waals surface area (Å²) >= 11 is 3.09. The molecule has 1 unspecified atom stereocenters. The maximum absolute atomic E-state index is 13.0. The number of aromatic nitrogens is 3. The third-order valence-corrected chi connectivity index (χ3v) is 7.68. The molecule has 1 N–H and O–H groups in total. The summed E-state index contributed by atoms with van der Waals surface area (Å²) in [4.78, 5) is 16.5. The first-order chi connectivity index (χ1) is 16.1. The molecule has 0 spiro atoms. The van der Waals surface area contributed by atoms with Crippen LogP contribution in [0, 0.1) is 0 Å². The fourth-order valence-corrected chi connectivity index (χ4v) is 5.38. The molecule has 6 nitrogen and oxygen atoms in total. The zero-order chi connectivity index (χ0) is 23.0. The van der Waals surface area contributed by atoms with Gasteiger partial charge in [-0.3, -0.25) is 9.69 Å². The van der Waals surface area contributed by atoms with Gasteiger partial charge in [-0.25, -0.2) is 0 Å². The Morgan fingerprint density at radius 2 is 1.73 bits per heavy atom. The minimum absolute atomic E-state index is 0.0339. The van der Waals surface area contributed by atoms with E-state index in [1.165, 1.54) is 36.6 Å². The third-order valence-electron chi connectivity index (χ3n) is 5.81. The summed E-state index contributed by atoms with van der Waals surface area (Å²) in [5.74, 6) is 0.928. The van der Waals surface area contributed by atoms with Crippen molar-refractivity contribution in [3.05, 3.63) is 66.0 Å². The molecule has 174 valence electrons. The van der Waals surface area contributed by atoms with E-state index in [-0.39, 0.29) is 11.2 Å². The summed E-state index contributed by atoms with van der Waals surface area (Å²) in [6, 6.07) is 18.2. The van der Waals surface area contributed by atoms with E-state index < -0.39 is 0 Å². The molecule has 2 aromatic carbocycles. The van der Waals surface area contributed by atoms with Crippen molar-refractivity contribution in [2.24, 2.45) is 0 Å². The first kappa shape index (κ1) is 23.9. The van der Waals surface area contributed by atoms with E-state index >= 15 is 0 Å². The Balaban J connectivity index is 1.51. The number of hydrogen-bond acceptors (Lipinski definition) is 6. The molecule has 3 aromatic rings. The Hall–Kier alpha value is -2.29. The van der Waals surface area contributed by atoms with E-state index in [1.807, 2.05) is 43.5 Å². The van der Waals surface area contributed by atoms with Crippen LogP contribution >= 0.6 is 23.5 Å². The number of likely N-dealkylation sites (tertiary alicyclic amines) is 1. The van der Waals surface area contributed by atoms with Gasteiger partial charge in [0.2, 0.25) is 5.91 Å². The zero-order valence-electron chi connectivity index (χ0n) is 19.2. The van der Waals surface area contributed by atoms with Crippen LogP contribution in [0.3, 0.4) is 0 Å². The molecule has 1 amide bonds. The van der Waals surface area contributed by atoms with E-state index in [2.05, 4.69) is 49.2 Å². The number of nitrogens with zero attached hydrogens (tertiary/aromatic N) is 4. The maximum Gasteiger partial charge on any atom is 0.237 e. The van der Waals surface area contributed by atoms with Crippen LogP contribution in [0.25, 0.3) is 0 Å². The largest absolute Gasteiger partial charge is 0.324 e. The number of nitrogens with one attached hydrogen (secondary N) is 1. The van der Waals surface area contributed by atoms with Crippen molar-refractivity contribution in [2.45, 2.75) is 54.6 Å². The van der Waals surface area contributed by atoms with Gasteiger partial charge in [0.1, 0.15) is 5.82 Å². The summed E-state index contributed by atoms with van der Waals surface area (Å²) < 4.78 is 2.17. The van der Waals surface area contributed by atoms with E-state index in [0.29, 0.717) is 6.54 Å². The number of carbonyl (C=O) groups is 1. The Labute approximate surface area is 204 Å². The molecule has 1 aliphatic rings. The molecule has 0 aliphatic carbocycles. The zero-order valence-corrected chi connectivity index (χ0v) is 20.9. The van der Waals surface area contributed by atoms with E-state index in [1.54, 1.807) is 11.8 Å². The lowest BCUT2D eigenvalue weighted by molar-refractivity contribution is -0.115. The van der Waals surface area contributed by atoms with Gasteiger partial charge < -0.3 is 9.88 Å². The standard InChI is InChI=1S/C25H31N5OS2/c1-19(24(31)26-21-13-7-8-14-22(21)32-2)33-25-28-27-23(18-29-15-9-4-10-16-29)30(25)17-20-11-5-3-6-12-20/h3,5-8,11-14,19H,4,9-10,15-18H2,1-2H3,(H,26,31). The van der Waals surface area contributed by atoms with Crippen molar-refractivity contribution in [1.29, 1.82) is 0 Å². The lowest BCUT2D eigenvalue weighted by atomic mass is 10.1. The van der Waals surface area contributed by atoms with Crippen molar-refractivity contribution < 1.29 is 4.79 Å².